The summed E-state index contributed by atoms with van der Waals surface area (Å²) in [6, 6.07) is 15.2. The smallest absolute Gasteiger partial charge is 0.262 e. The first kappa shape index (κ1) is 32.1. The molecule has 1 amide bonds. The molecule has 0 aliphatic carbocycles. The number of halogens is 2. The van der Waals surface area contributed by atoms with E-state index in [4.69, 9.17) is 27.9 Å². The predicted molar refractivity (Wildman–Crippen MR) is 161 cm³/mol. The Morgan fingerprint density at radius 1 is 1.00 bits per heavy atom. The number of nitrogens with zero attached hydrogens (tertiary/aromatic N) is 2. The van der Waals surface area contributed by atoms with Gasteiger partial charge in [-0.15, -0.1) is 0 Å². The van der Waals surface area contributed by atoms with Crippen LogP contribution in [0.5, 0.6) is 5.75 Å². The number of amides is 1. The number of sulfonamides is 2. The van der Waals surface area contributed by atoms with Gasteiger partial charge in [0.2, 0.25) is 10.0 Å². The third-order valence-corrected chi connectivity index (χ3v) is 10.7. The first-order chi connectivity index (χ1) is 19.7. The molecule has 226 valence electrons. The first-order valence-electron chi connectivity index (χ1n) is 13.0. The molecule has 3 aromatic carbocycles. The molecule has 0 aromatic heterocycles. The van der Waals surface area contributed by atoms with Gasteiger partial charge in [-0.05, 0) is 67.6 Å². The van der Waals surface area contributed by atoms with Crippen molar-refractivity contribution in [1.29, 1.82) is 0 Å². The Kier molecular flexibility index (Phi) is 9.75. The minimum Gasteiger partial charge on any atom is -0.486 e. The number of anilines is 1. The molecule has 3 aromatic rings. The SMILES string of the molecule is C[C@@H]1CN([C@H](C)CO)C(=O)c2cccc(NS(=O)(=O)c3ccc(Cl)cc3)c2O[C@H]1CN(C)S(=O)(=O)c1ccc(Cl)cc1. The monoisotopic (exact) mass is 655 g/mol. The zero-order valence-electron chi connectivity index (χ0n) is 23.1. The molecule has 0 fully saturated rings. The molecule has 14 heteroatoms. The topological polar surface area (TPSA) is 133 Å². The number of carbonyl (C=O) groups is 1. The molecule has 1 aliphatic heterocycles. The Balaban J connectivity index is 1.76. The maximum Gasteiger partial charge on any atom is 0.262 e. The lowest BCUT2D eigenvalue weighted by atomic mass is 9.99. The maximum atomic E-state index is 13.7. The van der Waals surface area contributed by atoms with Gasteiger partial charge in [0.1, 0.15) is 6.10 Å². The van der Waals surface area contributed by atoms with Gasteiger partial charge < -0.3 is 14.7 Å². The number of aliphatic hydroxyl groups is 1. The average molecular weight is 657 g/mol. The van der Waals surface area contributed by atoms with E-state index >= 15 is 0 Å². The van der Waals surface area contributed by atoms with Crippen molar-refractivity contribution in [3.63, 3.8) is 0 Å². The molecule has 2 N–H and O–H groups in total. The molecule has 0 bridgehead atoms. The highest BCUT2D eigenvalue weighted by Gasteiger charge is 2.36. The lowest BCUT2D eigenvalue weighted by molar-refractivity contribution is 0.0389. The Bertz CT molecular complexity index is 1650. The molecular formula is C28H31Cl2N3O7S2. The number of para-hydroxylation sites is 1. The second-order valence-corrected chi connectivity index (χ2v) is 14.7. The van der Waals surface area contributed by atoms with Crippen LogP contribution in [0.2, 0.25) is 10.0 Å². The van der Waals surface area contributed by atoms with Crippen LogP contribution in [0.25, 0.3) is 0 Å². The van der Waals surface area contributed by atoms with Gasteiger partial charge in [0.25, 0.3) is 15.9 Å². The number of rotatable bonds is 9. The number of hydrogen-bond donors (Lipinski definition) is 2. The first-order valence-corrected chi connectivity index (χ1v) is 16.6. The van der Waals surface area contributed by atoms with Gasteiger partial charge >= 0.3 is 0 Å². The van der Waals surface area contributed by atoms with Gasteiger partial charge in [-0.1, -0.05) is 36.2 Å². The van der Waals surface area contributed by atoms with E-state index in [0.29, 0.717) is 10.0 Å². The second-order valence-electron chi connectivity index (χ2n) is 10.1. The van der Waals surface area contributed by atoms with Crippen molar-refractivity contribution in [1.82, 2.24) is 9.21 Å². The molecular weight excluding hydrogens is 625 g/mol. The van der Waals surface area contributed by atoms with Crippen LogP contribution in [0.15, 0.2) is 76.5 Å². The minimum absolute atomic E-state index is 0.00490. The van der Waals surface area contributed by atoms with Crippen molar-refractivity contribution in [3.8, 4) is 5.75 Å². The van der Waals surface area contributed by atoms with Crippen LogP contribution in [0.4, 0.5) is 5.69 Å². The molecule has 0 radical (unpaired) electrons. The number of ether oxygens (including phenoxy) is 1. The summed E-state index contributed by atoms with van der Waals surface area (Å²) in [7, 11) is -6.66. The van der Waals surface area contributed by atoms with E-state index in [2.05, 4.69) is 4.72 Å². The highest BCUT2D eigenvalue weighted by Crippen LogP contribution is 2.36. The zero-order valence-corrected chi connectivity index (χ0v) is 26.2. The normalized spacial score (nSPS) is 18.5. The fraction of sp³-hybridized carbons (Fsp3) is 0.321. The minimum atomic E-state index is -4.12. The van der Waals surface area contributed by atoms with Gasteiger partial charge in [-0.25, -0.2) is 16.8 Å². The molecule has 0 unspecified atom stereocenters. The van der Waals surface area contributed by atoms with Crippen LogP contribution in [0.1, 0.15) is 24.2 Å². The van der Waals surface area contributed by atoms with Crippen molar-refractivity contribution in [2.45, 2.75) is 35.8 Å². The van der Waals surface area contributed by atoms with Crippen LogP contribution in [0, 0.1) is 5.92 Å². The zero-order chi connectivity index (χ0) is 30.8. The van der Waals surface area contributed by atoms with Gasteiger partial charge in [0, 0.05) is 29.6 Å². The van der Waals surface area contributed by atoms with Crippen molar-refractivity contribution in [2.24, 2.45) is 5.92 Å². The average Bonchev–Trinajstić information content (AvgIpc) is 2.95. The number of hydrogen-bond acceptors (Lipinski definition) is 7. The standard InChI is InChI=1S/C28H31Cl2N3O7S2/c1-18-15-33(19(2)17-34)28(35)24-5-4-6-25(31-41(36,37)22-11-7-20(29)8-12-22)27(24)40-26(18)16-32(3)42(38,39)23-13-9-21(30)10-14-23/h4-14,18-19,26,31,34H,15-17H2,1-3H3/t18-,19-,26+/m1/s1. The molecule has 1 heterocycles. The number of fused-ring (bicyclic) bond motifs is 1. The molecule has 42 heavy (non-hydrogen) atoms. The summed E-state index contributed by atoms with van der Waals surface area (Å²) in [5.74, 6) is -0.949. The number of nitrogens with one attached hydrogen (secondary N) is 1. The van der Waals surface area contributed by atoms with E-state index in [1.807, 2.05) is 0 Å². The Labute approximate surface area is 255 Å². The van der Waals surface area contributed by atoms with Gasteiger partial charge in [-0.2, -0.15) is 4.31 Å². The van der Waals surface area contributed by atoms with E-state index < -0.39 is 44.0 Å². The predicted octanol–water partition coefficient (Wildman–Crippen LogP) is 4.34. The van der Waals surface area contributed by atoms with Gasteiger partial charge in [0.15, 0.2) is 5.75 Å². The van der Waals surface area contributed by atoms with E-state index in [9.17, 15) is 26.7 Å². The van der Waals surface area contributed by atoms with Crippen molar-refractivity contribution < 1.29 is 31.5 Å². The second kappa shape index (κ2) is 12.8. The third-order valence-electron chi connectivity index (χ3n) is 7.02. The van der Waals surface area contributed by atoms with E-state index in [1.165, 1.54) is 78.7 Å². The maximum absolute atomic E-state index is 13.7. The lowest BCUT2D eigenvalue weighted by Gasteiger charge is -2.38. The summed E-state index contributed by atoms with van der Waals surface area (Å²) in [4.78, 5) is 15.1. The number of aliphatic hydroxyl groups excluding tert-OH is 1. The molecule has 4 rings (SSSR count). The molecule has 10 nitrogen and oxygen atoms in total. The summed E-state index contributed by atoms with van der Waals surface area (Å²) in [5.41, 5.74) is 0.0569. The lowest BCUT2D eigenvalue weighted by Crippen LogP contribution is -2.50. The fourth-order valence-corrected chi connectivity index (χ4v) is 6.99. The quantitative estimate of drug-likeness (QED) is 0.350. The third kappa shape index (κ3) is 6.85. The molecule has 0 spiro atoms. The van der Waals surface area contributed by atoms with Gasteiger partial charge in [-0.3, -0.25) is 9.52 Å². The molecule has 0 saturated carbocycles. The Morgan fingerprint density at radius 3 is 2.14 bits per heavy atom. The van der Waals surface area contributed by atoms with Crippen molar-refractivity contribution in [2.75, 3.05) is 31.5 Å². The van der Waals surface area contributed by atoms with Crippen molar-refractivity contribution in [3.05, 3.63) is 82.3 Å². The Morgan fingerprint density at radius 2 is 1.57 bits per heavy atom. The van der Waals surface area contributed by atoms with Gasteiger partial charge in [0.05, 0.1) is 40.2 Å². The van der Waals surface area contributed by atoms with Crippen LogP contribution in [-0.2, 0) is 20.0 Å². The number of likely N-dealkylation sites (N-methyl/N-ethyl adjacent to an activating group) is 1. The molecule has 3 atom stereocenters. The van der Waals surface area contributed by atoms with Crippen LogP contribution < -0.4 is 9.46 Å². The largest absolute Gasteiger partial charge is 0.486 e. The summed E-state index contributed by atoms with van der Waals surface area (Å²) in [5, 5.41) is 10.6. The van der Waals surface area contributed by atoms with Crippen LogP contribution in [0.3, 0.4) is 0 Å². The Hall–Kier alpha value is -2.87. The summed E-state index contributed by atoms with van der Waals surface area (Å²) >= 11 is 11.9. The number of benzene rings is 3. The fourth-order valence-electron chi connectivity index (χ4n) is 4.50. The van der Waals surface area contributed by atoms with E-state index in [1.54, 1.807) is 13.8 Å². The molecule has 1 aliphatic rings. The summed E-state index contributed by atoms with van der Waals surface area (Å²) in [6.45, 7) is 3.20. The van der Waals surface area contributed by atoms with E-state index in [-0.39, 0.29) is 46.5 Å². The number of carbonyl (C=O) groups excluding carboxylic acids is 1. The van der Waals surface area contributed by atoms with Crippen LogP contribution >= 0.6 is 23.2 Å². The van der Waals surface area contributed by atoms with E-state index in [0.717, 1.165) is 4.31 Å². The summed E-state index contributed by atoms with van der Waals surface area (Å²) in [6.07, 6.45) is -0.821. The highest BCUT2D eigenvalue weighted by molar-refractivity contribution is 7.92. The highest BCUT2D eigenvalue weighted by atomic mass is 35.5. The molecule has 0 saturated heterocycles. The summed E-state index contributed by atoms with van der Waals surface area (Å²) < 4.78 is 63.2. The van der Waals surface area contributed by atoms with Crippen molar-refractivity contribution >= 4 is 54.8 Å². The van der Waals surface area contributed by atoms with Crippen LogP contribution in [-0.4, -0.2) is 75.9 Å².